The maximum Gasteiger partial charge on any atom is 0.219 e. The molecule has 4 rings (SSSR count). The molecule has 4 aromatic rings. The van der Waals surface area contributed by atoms with Gasteiger partial charge in [0.05, 0.1) is 10.5 Å². The summed E-state index contributed by atoms with van der Waals surface area (Å²) in [5.41, 5.74) is 1.99. The second kappa shape index (κ2) is 6.37. The molecule has 0 amide bonds. The van der Waals surface area contributed by atoms with Crippen LogP contribution in [0.5, 0.6) is 11.6 Å². The van der Waals surface area contributed by atoms with Crippen molar-refractivity contribution in [3.63, 3.8) is 0 Å². The number of benzene rings is 1. The predicted octanol–water partition coefficient (Wildman–Crippen LogP) is 4.68. The van der Waals surface area contributed by atoms with E-state index in [0.29, 0.717) is 22.0 Å². The molecule has 124 valence electrons. The Morgan fingerprint density at radius 2 is 2.04 bits per heavy atom. The molecule has 3 aromatic heterocycles. The fourth-order valence-corrected chi connectivity index (χ4v) is 2.39. The van der Waals surface area contributed by atoms with Crippen molar-refractivity contribution in [1.29, 1.82) is 0 Å². The monoisotopic (exact) mass is 355 g/mol. The second-order valence-corrected chi connectivity index (χ2v) is 5.60. The number of nitrogens with zero attached hydrogens (tertiary/aromatic N) is 3. The standard InChI is InChI=1S/C17H11ClFN5O/c18-10-3-6-15(21-9-10)25-14-5-4-11(8-12(14)19)22-17-16-13(23-24-17)2-1-7-20-16/h1-9H,(H2,22,23,24). The van der Waals surface area contributed by atoms with Crippen LogP contribution < -0.4 is 10.1 Å². The zero-order valence-corrected chi connectivity index (χ0v) is 13.5. The van der Waals surface area contributed by atoms with E-state index in [1.807, 2.05) is 6.07 Å². The fraction of sp³-hybridized carbons (Fsp3) is 0. The molecule has 0 saturated carbocycles. The predicted molar refractivity (Wildman–Crippen MR) is 92.9 cm³/mol. The summed E-state index contributed by atoms with van der Waals surface area (Å²) < 4.78 is 19.7. The van der Waals surface area contributed by atoms with Crippen LogP contribution in [0.15, 0.2) is 54.9 Å². The molecule has 0 unspecified atom stereocenters. The van der Waals surface area contributed by atoms with Gasteiger partial charge in [0.25, 0.3) is 0 Å². The minimum Gasteiger partial charge on any atom is -0.436 e. The fourth-order valence-electron chi connectivity index (χ4n) is 2.27. The summed E-state index contributed by atoms with van der Waals surface area (Å²) >= 11 is 5.76. The van der Waals surface area contributed by atoms with Crippen LogP contribution >= 0.6 is 11.6 Å². The molecule has 0 bridgehead atoms. The largest absolute Gasteiger partial charge is 0.436 e. The maximum absolute atomic E-state index is 14.3. The van der Waals surface area contributed by atoms with E-state index in [-0.39, 0.29) is 11.6 Å². The molecule has 0 radical (unpaired) electrons. The van der Waals surface area contributed by atoms with Gasteiger partial charge in [-0.3, -0.25) is 10.1 Å². The number of hydrogen-bond acceptors (Lipinski definition) is 5. The first-order valence-corrected chi connectivity index (χ1v) is 7.72. The average Bonchev–Trinajstić information content (AvgIpc) is 3.02. The Morgan fingerprint density at radius 1 is 1.12 bits per heavy atom. The zero-order chi connectivity index (χ0) is 17.2. The second-order valence-electron chi connectivity index (χ2n) is 5.16. The van der Waals surface area contributed by atoms with E-state index in [1.54, 1.807) is 30.5 Å². The van der Waals surface area contributed by atoms with Gasteiger partial charge in [-0.25, -0.2) is 9.37 Å². The topological polar surface area (TPSA) is 75.7 Å². The van der Waals surface area contributed by atoms with E-state index < -0.39 is 5.82 Å². The van der Waals surface area contributed by atoms with E-state index in [2.05, 4.69) is 25.5 Å². The molecule has 6 nitrogen and oxygen atoms in total. The van der Waals surface area contributed by atoms with Gasteiger partial charge in [0.1, 0.15) is 5.52 Å². The summed E-state index contributed by atoms with van der Waals surface area (Å²) in [5.74, 6) is 0.300. The third-order valence-corrected chi connectivity index (χ3v) is 3.65. The van der Waals surface area contributed by atoms with Crippen molar-refractivity contribution in [1.82, 2.24) is 20.2 Å². The van der Waals surface area contributed by atoms with E-state index in [4.69, 9.17) is 16.3 Å². The van der Waals surface area contributed by atoms with Gasteiger partial charge in [-0.05, 0) is 30.3 Å². The number of aromatic amines is 1. The Bertz CT molecular complexity index is 1030. The van der Waals surface area contributed by atoms with Gasteiger partial charge in [0.15, 0.2) is 17.4 Å². The SMILES string of the molecule is Fc1cc(Nc2n[nH]c3cccnc23)ccc1Oc1ccc(Cl)cn1. The van der Waals surface area contributed by atoms with E-state index in [1.165, 1.54) is 18.3 Å². The third kappa shape index (κ3) is 3.22. The lowest BCUT2D eigenvalue weighted by Crippen LogP contribution is -1.95. The number of aromatic nitrogens is 4. The first kappa shape index (κ1) is 15.3. The molecule has 1 aromatic carbocycles. The Labute approximate surface area is 146 Å². The van der Waals surface area contributed by atoms with Crippen LogP contribution in [0.4, 0.5) is 15.9 Å². The van der Waals surface area contributed by atoms with Gasteiger partial charge >= 0.3 is 0 Å². The van der Waals surface area contributed by atoms with Gasteiger partial charge in [-0.2, -0.15) is 5.10 Å². The Kier molecular flexibility index (Phi) is 3.91. The van der Waals surface area contributed by atoms with Crippen molar-refractivity contribution >= 4 is 34.1 Å². The highest BCUT2D eigenvalue weighted by molar-refractivity contribution is 6.30. The molecule has 2 N–H and O–H groups in total. The molecule has 0 atom stereocenters. The summed E-state index contributed by atoms with van der Waals surface area (Å²) in [5, 5.41) is 10.5. The van der Waals surface area contributed by atoms with Gasteiger partial charge in [0.2, 0.25) is 5.88 Å². The van der Waals surface area contributed by atoms with Gasteiger partial charge in [-0.15, -0.1) is 0 Å². The summed E-state index contributed by atoms with van der Waals surface area (Å²) in [6.07, 6.45) is 3.10. The molecular weight excluding hydrogens is 345 g/mol. The third-order valence-electron chi connectivity index (χ3n) is 3.43. The average molecular weight is 356 g/mol. The lowest BCUT2D eigenvalue weighted by molar-refractivity contribution is 0.428. The lowest BCUT2D eigenvalue weighted by Gasteiger charge is -2.08. The van der Waals surface area contributed by atoms with Crippen molar-refractivity contribution in [2.45, 2.75) is 0 Å². The van der Waals surface area contributed by atoms with E-state index >= 15 is 0 Å². The highest BCUT2D eigenvalue weighted by Crippen LogP contribution is 2.28. The van der Waals surface area contributed by atoms with Crippen molar-refractivity contribution in [3.8, 4) is 11.6 Å². The number of H-pyrrole nitrogens is 1. The number of rotatable bonds is 4. The lowest BCUT2D eigenvalue weighted by atomic mass is 10.3. The molecular formula is C17H11ClFN5O. The molecule has 25 heavy (non-hydrogen) atoms. The van der Waals surface area contributed by atoms with Gasteiger partial charge in [-0.1, -0.05) is 11.6 Å². The molecule has 0 saturated heterocycles. The number of fused-ring (bicyclic) bond motifs is 1. The molecule has 0 fully saturated rings. The molecule has 3 heterocycles. The maximum atomic E-state index is 14.3. The Morgan fingerprint density at radius 3 is 2.84 bits per heavy atom. The minimum atomic E-state index is -0.533. The zero-order valence-electron chi connectivity index (χ0n) is 12.7. The molecule has 0 aliphatic heterocycles. The summed E-state index contributed by atoms with van der Waals surface area (Å²) in [6, 6.07) is 11.4. The number of hydrogen-bond donors (Lipinski definition) is 2. The highest BCUT2D eigenvalue weighted by Gasteiger charge is 2.10. The molecule has 0 aliphatic carbocycles. The van der Waals surface area contributed by atoms with E-state index in [9.17, 15) is 4.39 Å². The highest BCUT2D eigenvalue weighted by atomic mass is 35.5. The van der Waals surface area contributed by atoms with Crippen LogP contribution in [0, 0.1) is 5.82 Å². The van der Waals surface area contributed by atoms with E-state index in [0.717, 1.165) is 5.52 Å². The van der Waals surface area contributed by atoms with Crippen LogP contribution in [0.1, 0.15) is 0 Å². The van der Waals surface area contributed by atoms with Crippen LogP contribution in [0.25, 0.3) is 11.0 Å². The van der Waals surface area contributed by atoms with Crippen LogP contribution in [0.2, 0.25) is 5.02 Å². The Balaban J connectivity index is 1.56. The molecule has 8 heteroatoms. The first-order valence-electron chi connectivity index (χ1n) is 7.34. The smallest absolute Gasteiger partial charge is 0.219 e. The summed E-state index contributed by atoms with van der Waals surface area (Å²) in [7, 11) is 0. The number of nitrogens with one attached hydrogen (secondary N) is 2. The van der Waals surface area contributed by atoms with Gasteiger partial charge < -0.3 is 10.1 Å². The first-order chi connectivity index (χ1) is 12.2. The Hall–Kier alpha value is -3.19. The number of anilines is 2. The number of halogens is 2. The van der Waals surface area contributed by atoms with Crippen LogP contribution in [0.3, 0.4) is 0 Å². The summed E-state index contributed by atoms with van der Waals surface area (Å²) in [4.78, 5) is 8.22. The summed E-state index contributed by atoms with van der Waals surface area (Å²) in [6.45, 7) is 0. The normalized spacial score (nSPS) is 10.8. The van der Waals surface area contributed by atoms with Crippen molar-refractivity contribution in [2.75, 3.05) is 5.32 Å². The molecule has 0 aliphatic rings. The van der Waals surface area contributed by atoms with Crippen molar-refractivity contribution in [3.05, 3.63) is 65.7 Å². The number of ether oxygens (including phenoxy) is 1. The van der Waals surface area contributed by atoms with Gasteiger partial charge in [0, 0.05) is 30.2 Å². The van der Waals surface area contributed by atoms with Crippen molar-refractivity contribution < 1.29 is 9.13 Å². The van der Waals surface area contributed by atoms with Crippen LogP contribution in [-0.4, -0.2) is 20.2 Å². The van der Waals surface area contributed by atoms with Crippen LogP contribution in [-0.2, 0) is 0 Å². The van der Waals surface area contributed by atoms with Crippen molar-refractivity contribution in [2.24, 2.45) is 0 Å². The molecule has 0 spiro atoms. The number of pyridine rings is 2. The quantitative estimate of drug-likeness (QED) is 0.556. The minimum absolute atomic E-state index is 0.0605.